The molecular formula is C15H17N3O7. The average molecular weight is 351 g/mol. The molecular weight excluding hydrogens is 334 g/mol. The predicted octanol–water partition coefficient (Wildman–Crippen LogP) is 0.342. The lowest BCUT2D eigenvalue weighted by Gasteiger charge is -2.27. The summed E-state index contributed by atoms with van der Waals surface area (Å²) in [6, 6.07) is 7.68. The van der Waals surface area contributed by atoms with Gasteiger partial charge in [-0.1, -0.05) is 0 Å². The van der Waals surface area contributed by atoms with Crippen molar-refractivity contribution >= 4 is 11.9 Å². The highest BCUT2D eigenvalue weighted by molar-refractivity contribution is 6.27. The largest absolute Gasteiger partial charge is 0.497 e. The predicted molar refractivity (Wildman–Crippen MR) is 81.9 cm³/mol. The van der Waals surface area contributed by atoms with Crippen molar-refractivity contribution in [3.63, 3.8) is 0 Å². The summed E-state index contributed by atoms with van der Waals surface area (Å²) in [7, 11) is 1.64. The maximum Gasteiger partial charge on any atom is 0.414 e. The van der Waals surface area contributed by atoms with Gasteiger partial charge in [0.1, 0.15) is 24.9 Å². The Morgan fingerprint density at radius 2 is 1.80 bits per heavy atom. The van der Waals surface area contributed by atoms with E-state index in [4.69, 9.17) is 34.0 Å². The Morgan fingerprint density at radius 3 is 2.24 bits per heavy atom. The number of ether oxygens (including phenoxy) is 3. The van der Waals surface area contributed by atoms with Crippen molar-refractivity contribution in [2.24, 2.45) is 0 Å². The summed E-state index contributed by atoms with van der Waals surface area (Å²) in [5, 5.41) is 18.9. The van der Waals surface area contributed by atoms with Gasteiger partial charge in [-0.3, -0.25) is 0 Å². The van der Waals surface area contributed by atoms with Crippen LogP contribution in [0.5, 0.6) is 5.75 Å². The van der Waals surface area contributed by atoms with Gasteiger partial charge in [0, 0.05) is 5.56 Å². The van der Waals surface area contributed by atoms with Crippen LogP contribution in [0.3, 0.4) is 0 Å². The SMILES string of the molecule is COc1ccc(C2(Cn3cncn3)OCCO2)cc1.O=C(O)C(=O)O. The van der Waals surface area contributed by atoms with Crippen molar-refractivity contribution in [2.45, 2.75) is 12.3 Å². The molecule has 2 N–H and O–H groups in total. The minimum Gasteiger partial charge on any atom is -0.497 e. The first kappa shape index (κ1) is 18.4. The molecule has 0 radical (unpaired) electrons. The molecule has 2 heterocycles. The zero-order valence-corrected chi connectivity index (χ0v) is 13.4. The number of aliphatic carboxylic acids is 2. The summed E-state index contributed by atoms with van der Waals surface area (Å²) < 4.78 is 18.5. The van der Waals surface area contributed by atoms with E-state index in [2.05, 4.69) is 10.1 Å². The fourth-order valence-corrected chi connectivity index (χ4v) is 2.18. The average Bonchev–Trinajstić information content (AvgIpc) is 3.28. The van der Waals surface area contributed by atoms with Gasteiger partial charge in [0.25, 0.3) is 0 Å². The highest BCUT2D eigenvalue weighted by atomic mass is 16.7. The molecule has 3 rings (SSSR count). The molecule has 1 fully saturated rings. The highest BCUT2D eigenvalue weighted by Crippen LogP contribution is 2.33. The van der Waals surface area contributed by atoms with Crippen LogP contribution >= 0.6 is 0 Å². The number of rotatable bonds is 4. The summed E-state index contributed by atoms with van der Waals surface area (Å²) in [5.41, 5.74) is 0.946. The first-order chi connectivity index (χ1) is 12.0. The minimum atomic E-state index is -1.82. The van der Waals surface area contributed by atoms with E-state index in [1.807, 2.05) is 24.3 Å². The van der Waals surface area contributed by atoms with Crippen LogP contribution in [0.2, 0.25) is 0 Å². The molecule has 10 heteroatoms. The molecule has 0 aliphatic carbocycles. The second kappa shape index (κ2) is 8.22. The van der Waals surface area contributed by atoms with E-state index in [1.54, 1.807) is 18.1 Å². The third-order valence-corrected chi connectivity index (χ3v) is 3.30. The lowest BCUT2D eigenvalue weighted by atomic mass is 10.1. The molecule has 0 spiro atoms. The van der Waals surface area contributed by atoms with Crippen LogP contribution in [0.15, 0.2) is 36.9 Å². The molecule has 1 aromatic carbocycles. The van der Waals surface area contributed by atoms with Crippen LogP contribution in [0.4, 0.5) is 0 Å². The van der Waals surface area contributed by atoms with Gasteiger partial charge in [-0.05, 0) is 24.3 Å². The second-order valence-corrected chi connectivity index (χ2v) is 4.88. The van der Waals surface area contributed by atoms with E-state index in [-0.39, 0.29) is 0 Å². The van der Waals surface area contributed by atoms with Gasteiger partial charge in [-0.25, -0.2) is 19.3 Å². The van der Waals surface area contributed by atoms with E-state index < -0.39 is 17.7 Å². The number of nitrogens with zero attached hydrogens (tertiary/aromatic N) is 3. The Kier molecular flexibility index (Phi) is 6.03. The second-order valence-electron chi connectivity index (χ2n) is 4.88. The normalized spacial score (nSPS) is 15.1. The van der Waals surface area contributed by atoms with Crippen molar-refractivity contribution < 1.29 is 34.0 Å². The zero-order valence-electron chi connectivity index (χ0n) is 13.4. The van der Waals surface area contributed by atoms with Crippen LogP contribution in [0, 0.1) is 0 Å². The number of methoxy groups -OCH3 is 1. The molecule has 1 aromatic heterocycles. The molecule has 0 saturated carbocycles. The summed E-state index contributed by atoms with van der Waals surface area (Å²) in [6.45, 7) is 1.61. The molecule has 134 valence electrons. The Morgan fingerprint density at radius 1 is 1.20 bits per heavy atom. The molecule has 2 aromatic rings. The zero-order chi connectivity index (χ0) is 18.3. The molecule has 1 aliphatic heterocycles. The molecule has 10 nitrogen and oxygen atoms in total. The Labute approximate surface area is 142 Å². The Hall–Kier alpha value is -2.98. The number of hydrogen-bond acceptors (Lipinski definition) is 7. The van der Waals surface area contributed by atoms with Crippen molar-refractivity contribution in [2.75, 3.05) is 20.3 Å². The molecule has 0 amide bonds. The molecule has 0 atom stereocenters. The molecule has 0 bridgehead atoms. The van der Waals surface area contributed by atoms with Gasteiger partial charge >= 0.3 is 11.9 Å². The molecule has 0 unspecified atom stereocenters. The third kappa shape index (κ3) is 4.75. The van der Waals surface area contributed by atoms with Gasteiger partial charge in [0.2, 0.25) is 5.79 Å². The standard InChI is InChI=1S/C13H15N3O3.C2H2O4/c1-17-12-4-2-11(3-5-12)13(18-6-7-19-13)8-16-10-14-9-15-16;3-1(4)2(5)6/h2-5,9-10H,6-8H2,1H3;(H,3,4)(H,5,6). The Bertz CT molecular complexity index is 682. The number of carboxylic acids is 2. The van der Waals surface area contributed by atoms with E-state index in [9.17, 15) is 0 Å². The smallest absolute Gasteiger partial charge is 0.414 e. The molecule has 1 aliphatic rings. The number of hydrogen-bond donors (Lipinski definition) is 2. The Balaban J connectivity index is 0.000000326. The molecule has 1 saturated heterocycles. The topological polar surface area (TPSA) is 133 Å². The quantitative estimate of drug-likeness (QED) is 0.748. The van der Waals surface area contributed by atoms with Crippen molar-refractivity contribution in [3.8, 4) is 5.75 Å². The minimum absolute atomic E-state index is 0.472. The fraction of sp³-hybridized carbons (Fsp3) is 0.333. The van der Waals surface area contributed by atoms with Gasteiger partial charge in [0.15, 0.2) is 0 Å². The number of aromatic nitrogens is 3. The summed E-state index contributed by atoms with van der Waals surface area (Å²) >= 11 is 0. The van der Waals surface area contributed by atoms with Crippen LogP contribution in [-0.2, 0) is 31.4 Å². The van der Waals surface area contributed by atoms with E-state index in [0.717, 1.165) is 11.3 Å². The van der Waals surface area contributed by atoms with Crippen molar-refractivity contribution in [1.29, 1.82) is 0 Å². The van der Waals surface area contributed by atoms with Gasteiger partial charge in [0.05, 0.1) is 20.3 Å². The van der Waals surface area contributed by atoms with Gasteiger partial charge in [-0.15, -0.1) is 0 Å². The van der Waals surface area contributed by atoms with Crippen LogP contribution in [0.1, 0.15) is 5.56 Å². The van der Waals surface area contributed by atoms with E-state index in [1.165, 1.54) is 6.33 Å². The third-order valence-electron chi connectivity index (χ3n) is 3.30. The molecule has 25 heavy (non-hydrogen) atoms. The summed E-state index contributed by atoms with van der Waals surface area (Å²) in [4.78, 5) is 22.1. The maximum absolute atomic E-state index is 9.10. The van der Waals surface area contributed by atoms with Crippen molar-refractivity contribution in [1.82, 2.24) is 14.8 Å². The summed E-state index contributed by atoms with van der Waals surface area (Å²) in [5.74, 6) is -3.64. The van der Waals surface area contributed by atoms with Gasteiger partial charge < -0.3 is 24.4 Å². The highest BCUT2D eigenvalue weighted by Gasteiger charge is 2.39. The van der Waals surface area contributed by atoms with Crippen LogP contribution in [-0.4, -0.2) is 57.2 Å². The van der Waals surface area contributed by atoms with Crippen molar-refractivity contribution in [3.05, 3.63) is 42.5 Å². The first-order valence-corrected chi connectivity index (χ1v) is 7.18. The number of carbonyl (C=O) groups is 2. The van der Waals surface area contributed by atoms with E-state index in [0.29, 0.717) is 19.8 Å². The van der Waals surface area contributed by atoms with Gasteiger partial charge in [-0.2, -0.15) is 5.10 Å². The lowest BCUT2D eigenvalue weighted by Crippen LogP contribution is -2.33. The van der Waals surface area contributed by atoms with E-state index >= 15 is 0 Å². The number of benzene rings is 1. The van der Waals surface area contributed by atoms with Crippen LogP contribution in [0.25, 0.3) is 0 Å². The first-order valence-electron chi connectivity index (χ1n) is 7.18. The fourth-order valence-electron chi connectivity index (χ4n) is 2.18. The number of carboxylic acid groups (broad SMARTS) is 2. The monoisotopic (exact) mass is 351 g/mol. The summed E-state index contributed by atoms with van der Waals surface area (Å²) in [6.07, 6.45) is 3.15. The lowest BCUT2D eigenvalue weighted by molar-refractivity contribution is -0.177. The van der Waals surface area contributed by atoms with Crippen LogP contribution < -0.4 is 4.74 Å². The maximum atomic E-state index is 9.10.